The maximum atomic E-state index is 13.2. The summed E-state index contributed by atoms with van der Waals surface area (Å²) in [6.07, 6.45) is 0.732. The lowest BCUT2D eigenvalue weighted by Gasteiger charge is -2.29. The number of amides is 2. The standard InChI is InChI=1S/C23H26Cl2N2O4/c1-3-26-23(29)15(2)27(14-17-18(24)5-4-6-19(17)25)22(28)10-8-16-7-9-20-21(13-16)31-12-11-30-20/h4-7,9,13,15H,3,8,10-12,14H2,1-2H3,(H,26,29)/t15-/m1/s1. The average molecular weight is 465 g/mol. The van der Waals surface area contributed by atoms with E-state index >= 15 is 0 Å². The molecule has 1 aliphatic heterocycles. The molecule has 0 fully saturated rings. The van der Waals surface area contributed by atoms with Crippen LogP contribution >= 0.6 is 23.2 Å². The van der Waals surface area contributed by atoms with Crippen LogP contribution in [0.4, 0.5) is 0 Å². The van der Waals surface area contributed by atoms with Gasteiger partial charge in [-0.3, -0.25) is 9.59 Å². The summed E-state index contributed by atoms with van der Waals surface area (Å²) < 4.78 is 11.2. The molecule has 0 aromatic heterocycles. The zero-order valence-electron chi connectivity index (χ0n) is 17.6. The monoisotopic (exact) mass is 464 g/mol. The van der Waals surface area contributed by atoms with Crippen molar-refractivity contribution < 1.29 is 19.1 Å². The first-order valence-electron chi connectivity index (χ1n) is 10.3. The highest BCUT2D eigenvalue weighted by Gasteiger charge is 2.27. The van der Waals surface area contributed by atoms with E-state index in [1.165, 1.54) is 4.90 Å². The molecular formula is C23H26Cl2N2O4. The number of likely N-dealkylation sites (N-methyl/N-ethyl adjacent to an activating group) is 1. The molecule has 1 atom stereocenters. The number of benzene rings is 2. The van der Waals surface area contributed by atoms with Crippen LogP contribution in [0.2, 0.25) is 10.0 Å². The van der Waals surface area contributed by atoms with Crippen LogP contribution in [-0.2, 0) is 22.6 Å². The van der Waals surface area contributed by atoms with Gasteiger partial charge in [0, 0.05) is 35.1 Å². The number of nitrogens with one attached hydrogen (secondary N) is 1. The van der Waals surface area contributed by atoms with Gasteiger partial charge in [0.1, 0.15) is 19.3 Å². The van der Waals surface area contributed by atoms with Gasteiger partial charge in [0.25, 0.3) is 0 Å². The van der Waals surface area contributed by atoms with Crippen molar-refractivity contribution >= 4 is 35.0 Å². The second-order valence-electron chi connectivity index (χ2n) is 7.27. The van der Waals surface area contributed by atoms with E-state index in [9.17, 15) is 9.59 Å². The Morgan fingerprint density at radius 3 is 2.45 bits per heavy atom. The SMILES string of the molecule is CCNC(=O)[C@@H](C)N(Cc1c(Cl)cccc1Cl)C(=O)CCc1ccc2c(c1)OCCO2. The second kappa shape index (κ2) is 10.7. The van der Waals surface area contributed by atoms with Gasteiger partial charge in [-0.05, 0) is 50.1 Å². The first-order valence-corrected chi connectivity index (χ1v) is 11.0. The molecule has 8 heteroatoms. The maximum absolute atomic E-state index is 13.2. The van der Waals surface area contributed by atoms with E-state index in [-0.39, 0.29) is 24.8 Å². The molecule has 0 spiro atoms. The number of hydrogen-bond acceptors (Lipinski definition) is 4. The summed E-state index contributed by atoms with van der Waals surface area (Å²) in [5, 5.41) is 3.69. The number of nitrogens with zero attached hydrogens (tertiary/aromatic N) is 1. The average Bonchev–Trinajstić information content (AvgIpc) is 2.77. The van der Waals surface area contributed by atoms with Crippen LogP contribution in [0.25, 0.3) is 0 Å². The second-order valence-corrected chi connectivity index (χ2v) is 8.08. The Morgan fingerprint density at radius 2 is 1.77 bits per heavy atom. The molecule has 0 saturated heterocycles. The Bertz CT molecular complexity index is 931. The molecule has 6 nitrogen and oxygen atoms in total. The third-order valence-corrected chi connectivity index (χ3v) is 5.85. The molecule has 3 rings (SSSR count). The zero-order valence-corrected chi connectivity index (χ0v) is 19.1. The fourth-order valence-electron chi connectivity index (χ4n) is 3.40. The number of hydrogen-bond donors (Lipinski definition) is 1. The van der Waals surface area contributed by atoms with Crippen molar-refractivity contribution in [2.45, 2.75) is 39.3 Å². The van der Waals surface area contributed by atoms with Gasteiger partial charge >= 0.3 is 0 Å². The summed E-state index contributed by atoms with van der Waals surface area (Å²) in [5.74, 6) is 1.01. The minimum Gasteiger partial charge on any atom is -0.486 e. The molecule has 0 saturated carbocycles. The van der Waals surface area contributed by atoms with Crippen molar-refractivity contribution in [1.29, 1.82) is 0 Å². The number of carbonyl (C=O) groups excluding carboxylic acids is 2. The van der Waals surface area contributed by atoms with Crippen molar-refractivity contribution in [3.05, 3.63) is 57.6 Å². The molecule has 1 aliphatic rings. The Balaban J connectivity index is 1.76. The molecule has 166 valence electrons. The number of carbonyl (C=O) groups is 2. The molecular weight excluding hydrogens is 439 g/mol. The minimum absolute atomic E-state index is 0.150. The van der Waals surface area contributed by atoms with Crippen LogP contribution in [0.1, 0.15) is 31.4 Å². The van der Waals surface area contributed by atoms with Gasteiger partial charge in [0.05, 0.1) is 0 Å². The highest BCUT2D eigenvalue weighted by Crippen LogP contribution is 2.31. The van der Waals surface area contributed by atoms with Crippen molar-refractivity contribution in [1.82, 2.24) is 10.2 Å². The number of ether oxygens (including phenoxy) is 2. The van der Waals surface area contributed by atoms with E-state index in [2.05, 4.69) is 5.32 Å². The molecule has 0 bridgehead atoms. The Kier molecular flexibility index (Phi) is 8.04. The van der Waals surface area contributed by atoms with Crippen molar-refractivity contribution in [2.24, 2.45) is 0 Å². The Hall–Kier alpha value is -2.44. The molecule has 2 aromatic rings. The van der Waals surface area contributed by atoms with E-state index in [1.54, 1.807) is 25.1 Å². The first-order chi connectivity index (χ1) is 14.9. The number of aryl methyl sites for hydroxylation is 1. The summed E-state index contributed by atoms with van der Waals surface area (Å²) in [6, 6.07) is 10.2. The fraction of sp³-hybridized carbons (Fsp3) is 0.391. The van der Waals surface area contributed by atoms with Gasteiger partial charge < -0.3 is 19.7 Å². The Morgan fingerprint density at radius 1 is 1.10 bits per heavy atom. The molecule has 1 N–H and O–H groups in total. The molecule has 2 amide bonds. The predicted octanol–water partition coefficient (Wildman–Crippen LogP) is 4.25. The van der Waals surface area contributed by atoms with Crippen molar-refractivity contribution in [2.75, 3.05) is 19.8 Å². The van der Waals surface area contributed by atoms with E-state index in [4.69, 9.17) is 32.7 Å². The number of halogens is 2. The summed E-state index contributed by atoms with van der Waals surface area (Å²) >= 11 is 12.6. The quantitative estimate of drug-likeness (QED) is 0.633. The summed E-state index contributed by atoms with van der Waals surface area (Å²) in [7, 11) is 0. The van der Waals surface area contributed by atoms with Crippen LogP contribution in [-0.4, -0.2) is 42.5 Å². The summed E-state index contributed by atoms with van der Waals surface area (Å²) in [6.45, 7) is 5.21. The third kappa shape index (κ3) is 5.83. The van der Waals surface area contributed by atoms with Crippen LogP contribution in [0.5, 0.6) is 11.5 Å². The zero-order chi connectivity index (χ0) is 22.4. The molecule has 2 aromatic carbocycles. The fourth-order valence-corrected chi connectivity index (χ4v) is 3.91. The van der Waals surface area contributed by atoms with E-state index in [0.717, 1.165) is 5.56 Å². The highest BCUT2D eigenvalue weighted by molar-refractivity contribution is 6.36. The molecule has 1 heterocycles. The van der Waals surface area contributed by atoms with E-state index < -0.39 is 6.04 Å². The lowest BCUT2D eigenvalue weighted by molar-refractivity contribution is -0.140. The molecule has 31 heavy (non-hydrogen) atoms. The van der Waals surface area contributed by atoms with Crippen LogP contribution in [0, 0.1) is 0 Å². The molecule has 0 aliphatic carbocycles. The summed E-state index contributed by atoms with van der Waals surface area (Å²) in [4.78, 5) is 27.2. The topological polar surface area (TPSA) is 67.9 Å². The van der Waals surface area contributed by atoms with Gasteiger partial charge in [0.15, 0.2) is 11.5 Å². The van der Waals surface area contributed by atoms with Crippen LogP contribution in [0.15, 0.2) is 36.4 Å². The van der Waals surface area contributed by atoms with E-state index in [1.807, 2.05) is 25.1 Å². The van der Waals surface area contributed by atoms with Gasteiger partial charge in [-0.2, -0.15) is 0 Å². The number of fused-ring (bicyclic) bond motifs is 1. The van der Waals surface area contributed by atoms with E-state index in [0.29, 0.717) is 53.3 Å². The first kappa shape index (κ1) is 23.2. The largest absolute Gasteiger partial charge is 0.486 e. The van der Waals surface area contributed by atoms with Crippen LogP contribution < -0.4 is 14.8 Å². The molecule has 0 radical (unpaired) electrons. The van der Waals surface area contributed by atoms with Crippen molar-refractivity contribution in [3.8, 4) is 11.5 Å². The third-order valence-electron chi connectivity index (χ3n) is 5.14. The lowest BCUT2D eigenvalue weighted by atomic mass is 10.1. The minimum atomic E-state index is -0.667. The van der Waals surface area contributed by atoms with Crippen molar-refractivity contribution in [3.63, 3.8) is 0 Å². The predicted molar refractivity (Wildman–Crippen MR) is 121 cm³/mol. The normalized spacial score (nSPS) is 13.4. The van der Waals surface area contributed by atoms with Crippen LogP contribution in [0.3, 0.4) is 0 Å². The number of rotatable bonds is 8. The van der Waals surface area contributed by atoms with Gasteiger partial charge in [0.2, 0.25) is 11.8 Å². The maximum Gasteiger partial charge on any atom is 0.242 e. The lowest BCUT2D eigenvalue weighted by Crippen LogP contribution is -2.47. The van der Waals surface area contributed by atoms with Gasteiger partial charge in [-0.25, -0.2) is 0 Å². The summed E-state index contributed by atoms with van der Waals surface area (Å²) in [5.41, 5.74) is 1.58. The van der Waals surface area contributed by atoms with Gasteiger partial charge in [-0.1, -0.05) is 35.3 Å². The van der Waals surface area contributed by atoms with Gasteiger partial charge in [-0.15, -0.1) is 0 Å². The smallest absolute Gasteiger partial charge is 0.242 e. The Labute approximate surface area is 192 Å². The highest BCUT2D eigenvalue weighted by atomic mass is 35.5. The molecule has 0 unspecified atom stereocenters.